The average Bonchev–Trinajstić information content (AvgIpc) is 2.27. The number of nitrogens with zero attached hydrogens (tertiary/aromatic N) is 1. The minimum Gasteiger partial charge on any atom is -0.495 e. The molecule has 1 aromatic heterocycles. The summed E-state index contributed by atoms with van der Waals surface area (Å²) < 4.78 is 5.02. The van der Waals surface area contributed by atoms with Crippen molar-refractivity contribution in [3.63, 3.8) is 0 Å². The topological polar surface area (TPSA) is 42.4 Å². The molecule has 1 N–H and O–H groups in total. The fraction of sp³-hybridized carbons (Fsp3) is 0.545. The van der Waals surface area contributed by atoms with Crippen LogP contribution in [0.25, 0.3) is 0 Å². The summed E-state index contributed by atoms with van der Waals surface area (Å²) in [7, 11) is 1.62. The van der Waals surface area contributed by atoms with Crippen LogP contribution in [-0.4, -0.2) is 23.8 Å². The van der Waals surface area contributed by atoms with Gasteiger partial charge in [-0.25, -0.2) is 0 Å². The molecule has 1 aromatic rings. The van der Waals surface area contributed by atoms with Crippen LogP contribution in [0.5, 0.6) is 5.75 Å². The van der Waals surface area contributed by atoms with Crippen molar-refractivity contribution in [1.29, 1.82) is 0 Å². The molecule has 1 heterocycles. The molecule has 3 heteroatoms. The van der Waals surface area contributed by atoms with E-state index in [9.17, 15) is 0 Å². The monoisotopic (exact) mass is 195 g/mol. The highest BCUT2D eigenvalue weighted by atomic mass is 16.5. The van der Waals surface area contributed by atoms with Gasteiger partial charge in [0.25, 0.3) is 0 Å². The summed E-state index contributed by atoms with van der Waals surface area (Å²) in [5, 5.41) is 9.01. The van der Waals surface area contributed by atoms with Crippen LogP contribution in [0, 0.1) is 5.92 Å². The average molecular weight is 195 g/mol. The van der Waals surface area contributed by atoms with Gasteiger partial charge in [0.2, 0.25) is 0 Å². The molecular weight excluding hydrogens is 178 g/mol. The summed E-state index contributed by atoms with van der Waals surface area (Å²) in [4.78, 5) is 4.28. The van der Waals surface area contributed by atoms with E-state index in [0.29, 0.717) is 0 Å². The van der Waals surface area contributed by atoms with E-state index < -0.39 is 0 Å². The second-order valence-corrected chi connectivity index (χ2v) is 3.57. The van der Waals surface area contributed by atoms with Gasteiger partial charge >= 0.3 is 0 Å². The summed E-state index contributed by atoms with van der Waals surface area (Å²) in [5.41, 5.74) is 0.993. The van der Waals surface area contributed by atoms with Crippen molar-refractivity contribution in [3.05, 3.63) is 24.0 Å². The third kappa shape index (κ3) is 2.45. The molecule has 1 rings (SSSR count). The highest BCUT2D eigenvalue weighted by Gasteiger charge is 2.14. The predicted molar refractivity (Wildman–Crippen MR) is 55.5 cm³/mol. The molecule has 0 unspecified atom stereocenters. The van der Waals surface area contributed by atoms with Gasteiger partial charge in [-0.05, 0) is 18.1 Å². The van der Waals surface area contributed by atoms with Gasteiger partial charge < -0.3 is 9.84 Å². The molecule has 0 saturated heterocycles. The summed E-state index contributed by atoms with van der Waals surface area (Å²) >= 11 is 0. The van der Waals surface area contributed by atoms with Crippen molar-refractivity contribution in [2.75, 3.05) is 13.7 Å². The Labute approximate surface area is 84.7 Å². The number of aliphatic hydroxyl groups is 1. The van der Waals surface area contributed by atoms with Crippen LogP contribution in [0.1, 0.15) is 25.5 Å². The number of hydrogen-bond acceptors (Lipinski definition) is 3. The van der Waals surface area contributed by atoms with E-state index in [2.05, 4.69) is 11.9 Å². The van der Waals surface area contributed by atoms with E-state index in [1.807, 2.05) is 19.1 Å². The quantitative estimate of drug-likeness (QED) is 0.796. The Morgan fingerprint density at radius 1 is 1.43 bits per heavy atom. The molecular formula is C11H17NO2. The maximum atomic E-state index is 9.01. The third-order valence-corrected chi connectivity index (χ3v) is 2.60. The van der Waals surface area contributed by atoms with Crippen LogP contribution in [0.3, 0.4) is 0 Å². The maximum Gasteiger partial charge on any atom is 0.137 e. The molecule has 0 aromatic carbocycles. The van der Waals surface area contributed by atoms with Gasteiger partial charge in [-0.1, -0.05) is 13.8 Å². The van der Waals surface area contributed by atoms with Crippen LogP contribution in [0.2, 0.25) is 0 Å². The van der Waals surface area contributed by atoms with E-state index in [4.69, 9.17) is 9.84 Å². The summed E-state index contributed by atoms with van der Waals surface area (Å²) in [6.45, 7) is 4.27. The van der Waals surface area contributed by atoms with Crippen molar-refractivity contribution in [1.82, 2.24) is 4.98 Å². The molecule has 0 aliphatic carbocycles. The summed E-state index contributed by atoms with van der Waals surface area (Å²) in [6, 6.07) is 3.83. The van der Waals surface area contributed by atoms with Crippen molar-refractivity contribution in [3.8, 4) is 5.75 Å². The molecule has 78 valence electrons. The minimum atomic E-state index is 0.189. The van der Waals surface area contributed by atoms with Gasteiger partial charge in [-0.2, -0.15) is 0 Å². The van der Waals surface area contributed by atoms with Gasteiger partial charge in [0, 0.05) is 18.2 Å². The van der Waals surface area contributed by atoms with Gasteiger partial charge in [0.05, 0.1) is 13.3 Å². The second kappa shape index (κ2) is 4.96. The Bertz CT molecular complexity index is 271. The van der Waals surface area contributed by atoms with Crippen LogP contribution >= 0.6 is 0 Å². The lowest BCUT2D eigenvalue weighted by Gasteiger charge is -2.16. The summed E-state index contributed by atoms with van der Waals surface area (Å²) in [6.07, 6.45) is 1.70. The first-order valence-corrected chi connectivity index (χ1v) is 4.79. The lowest BCUT2D eigenvalue weighted by atomic mass is 9.93. The zero-order chi connectivity index (χ0) is 10.6. The van der Waals surface area contributed by atoms with Crippen molar-refractivity contribution in [2.24, 2.45) is 5.92 Å². The number of ether oxygens (including phenoxy) is 1. The van der Waals surface area contributed by atoms with Gasteiger partial charge in [-0.15, -0.1) is 0 Å². The number of aromatic nitrogens is 1. The third-order valence-electron chi connectivity index (χ3n) is 2.60. The predicted octanol–water partition coefficient (Wildman–Crippen LogP) is 1.82. The highest BCUT2D eigenvalue weighted by molar-refractivity contribution is 5.21. The van der Waals surface area contributed by atoms with Gasteiger partial charge in [-0.3, -0.25) is 4.98 Å². The van der Waals surface area contributed by atoms with E-state index in [-0.39, 0.29) is 18.4 Å². The minimum absolute atomic E-state index is 0.189. The Balaban J connectivity index is 2.75. The van der Waals surface area contributed by atoms with E-state index >= 15 is 0 Å². The number of rotatable bonds is 4. The SMILES string of the molecule is COc1ccc([C@@H](C)[C@H](C)CO)nc1. The van der Waals surface area contributed by atoms with E-state index in [0.717, 1.165) is 11.4 Å². The molecule has 14 heavy (non-hydrogen) atoms. The lowest BCUT2D eigenvalue weighted by molar-refractivity contribution is 0.219. The van der Waals surface area contributed by atoms with Crippen LogP contribution in [0.4, 0.5) is 0 Å². The molecule has 0 spiro atoms. The number of pyridine rings is 1. The smallest absolute Gasteiger partial charge is 0.137 e. The first-order valence-electron chi connectivity index (χ1n) is 4.79. The standard InChI is InChI=1S/C11H17NO2/c1-8(7-13)9(2)11-5-4-10(14-3)6-12-11/h4-6,8-9,13H,7H2,1-3H3/t8-,9+/m1/s1. The number of methoxy groups -OCH3 is 1. The van der Waals surface area contributed by atoms with E-state index in [1.165, 1.54) is 0 Å². The highest BCUT2D eigenvalue weighted by Crippen LogP contribution is 2.22. The Morgan fingerprint density at radius 3 is 2.57 bits per heavy atom. The molecule has 0 saturated carbocycles. The zero-order valence-corrected chi connectivity index (χ0v) is 8.90. The van der Waals surface area contributed by atoms with E-state index in [1.54, 1.807) is 13.3 Å². The first-order chi connectivity index (χ1) is 6.69. The maximum absolute atomic E-state index is 9.01. The molecule has 0 aliphatic rings. The molecule has 0 radical (unpaired) electrons. The Kier molecular flexibility index (Phi) is 3.89. The van der Waals surface area contributed by atoms with Crippen LogP contribution in [-0.2, 0) is 0 Å². The lowest BCUT2D eigenvalue weighted by Crippen LogP contribution is -2.11. The second-order valence-electron chi connectivity index (χ2n) is 3.57. The van der Waals surface area contributed by atoms with Gasteiger partial charge in [0.15, 0.2) is 0 Å². The Morgan fingerprint density at radius 2 is 2.14 bits per heavy atom. The largest absolute Gasteiger partial charge is 0.495 e. The zero-order valence-electron chi connectivity index (χ0n) is 8.90. The number of hydrogen-bond donors (Lipinski definition) is 1. The molecule has 0 amide bonds. The Hall–Kier alpha value is -1.09. The fourth-order valence-electron chi connectivity index (χ4n) is 1.23. The number of aliphatic hydroxyl groups excluding tert-OH is 1. The van der Waals surface area contributed by atoms with Crippen molar-refractivity contribution in [2.45, 2.75) is 19.8 Å². The molecule has 0 aliphatic heterocycles. The van der Waals surface area contributed by atoms with Crippen LogP contribution < -0.4 is 4.74 Å². The molecule has 0 fully saturated rings. The van der Waals surface area contributed by atoms with Gasteiger partial charge in [0.1, 0.15) is 5.75 Å². The first kappa shape index (κ1) is 11.0. The molecule has 3 nitrogen and oxygen atoms in total. The fourth-order valence-corrected chi connectivity index (χ4v) is 1.23. The van der Waals surface area contributed by atoms with Crippen LogP contribution in [0.15, 0.2) is 18.3 Å². The molecule has 2 atom stereocenters. The summed E-state index contributed by atoms with van der Waals surface area (Å²) in [5.74, 6) is 1.26. The van der Waals surface area contributed by atoms with Crippen molar-refractivity contribution < 1.29 is 9.84 Å². The molecule has 0 bridgehead atoms. The van der Waals surface area contributed by atoms with Crippen molar-refractivity contribution >= 4 is 0 Å². The normalized spacial score (nSPS) is 14.9.